The third-order valence-corrected chi connectivity index (χ3v) is 2.49. The molecule has 0 amide bonds. The fourth-order valence-electron chi connectivity index (χ4n) is 1.64. The average Bonchev–Trinajstić information content (AvgIpc) is 2.71. The summed E-state index contributed by atoms with van der Waals surface area (Å²) >= 11 is 0. The monoisotopic (exact) mass is 237 g/mol. The first-order valence-electron chi connectivity index (χ1n) is 5.29. The van der Waals surface area contributed by atoms with Gasteiger partial charge >= 0.3 is 0 Å². The van der Waals surface area contributed by atoms with E-state index >= 15 is 0 Å². The van der Waals surface area contributed by atoms with E-state index in [-0.39, 0.29) is 0 Å². The van der Waals surface area contributed by atoms with Gasteiger partial charge in [-0.1, -0.05) is 6.07 Å². The number of hydrogen-bond acceptors (Lipinski definition) is 2. The Morgan fingerprint density at radius 1 is 1.35 bits per heavy atom. The maximum absolute atomic E-state index is 13.5. The number of nitrogens with one attached hydrogen (secondary N) is 1. The number of hydrogen-bond donors (Lipinski definition) is 1. The van der Waals surface area contributed by atoms with Crippen molar-refractivity contribution >= 4 is 0 Å². The molecule has 1 heterocycles. The first kappa shape index (κ1) is 11.7. The second-order valence-corrected chi connectivity index (χ2v) is 3.74. The van der Waals surface area contributed by atoms with Gasteiger partial charge in [0.1, 0.15) is 17.5 Å². The zero-order chi connectivity index (χ0) is 12.3. The standard InChI is InChI=1S/C12H13F2N3/c1-15-7-12-16-4-5-17(12)8-9-2-3-10(13)6-11(9)14/h2-6,15H,7-8H2,1H3. The second kappa shape index (κ2) is 5.05. The van der Waals surface area contributed by atoms with E-state index in [0.717, 1.165) is 11.9 Å². The molecule has 0 fully saturated rings. The first-order chi connectivity index (χ1) is 8.20. The van der Waals surface area contributed by atoms with Crippen molar-refractivity contribution < 1.29 is 8.78 Å². The average molecular weight is 237 g/mol. The van der Waals surface area contributed by atoms with Crippen molar-refractivity contribution in [2.45, 2.75) is 13.1 Å². The van der Waals surface area contributed by atoms with Crippen LogP contribution in [0.3, 0.4) is 0 Å². The van der Waals surface area contributed by atoms with Gasteiger partial charge in [0.15, 0.2) is 0 Å². The largest absolute Gasteiger partial charge is 0.329 e. The van der Waals surface area contributed by atoms with Gasteiger partial charge in [0, 0.05) is 24.0 Å². The van der Waals surface area contributed by atoms with Gasteiger partial charge in [-0.15, -0.1) is 0 Å². The SMILES string of the molecule is CNCc1nccn1Cc1ccc(F)cc1F. The molecule has 0 bridgehead atoms. The highest BCUT2D eigenvalue weighted by atomic mass is 19.1. The fraction of sp³-hybridized carbons (Fsp3) is 0.250. The number of imidazole rings is 1. The number of aromatic nitrogens is 2. The topological polar surface area (TPSA) is 29.9 Å². The highest BCUT2D eigenvalue weighted by molar-refractivity contribution is 5.19. The van der Waals surface area contributed by atoms with E-state index in [1.54, 1.807) is 12.4 Å². The molecule has 2 rings (SSSR count). The Labute approximate surface area is 98.1 Å². The maximum atomic E-state index is 13.5. The van der Waals surface area contributed by atoms with Crippen molar-refractivity contribution in [1.29, 1.82) is 0 Å². The molecule has 0 radical (unpaired) electrons. The highest BCUT2D eigenvalue weighted by Gasteiger charge is 2.07. The van der Waals surface area contributed by atoms with E-state index in [1.165, 1.54) is 12.1 Å². The van der Waals surface area contributed by atoms with E-state index in [1.807, 2.05) is 11.6 Å². The molecule has 1 N–H and O–H groups in total. The normalized spacial score (nSPS) is 10.8. The molecule has 0 saturated carbocycles. The Bertz CT molecular complexity index is 508. The van der Waals surface area contributed by atoms with Crippen molar-refractivity contribution in [3.8, 4) is 0 Å². The Kier molecular flexibility index (Phi) is 3.49. The summed E-state index contributed by atoms with van der Waals surface area (Å²) in [5.41, 5.74) is 0.446. The zero-order valence-corrected chi connectivity index (χ0v) is 9.45. The quantitative estimate of drug-likeness (QED) is 0.880. The van der Waals surface area contributed by atoms with Gasteiger partial charge in [-0.25, -0.2) is 13.8 Å². The van der Waals surface area contributed by atoms with Crippen LogP contribution in [0.15, 0.2) is 30.6 Å². The summed E-state index contributed by atoms with van der Waals surface area (Å²) in [6.45, 7) is 0.957. The summed E-state index contributed by atoms with van der Waals surface area (Å²) < 4.78 is 28.1. The summed E-state index contributed by atoms with van der Waals surface area (Å²) in [6, 6.07) is 3.60. The summed E-state index contributed by atoms with van der Waals surface area (Å²) in [5.74, 6) is -0.280. The molecule has 0 aliphatic rings. The van der Waals surface area contributed by atoms with Gasteiger partial charge in [-0.05, 0) is 13.1 Å². The highest BCUT2D eigenvalue weighted by Crippen LogP contribution is 2.12. The Morgan fingerprint density at radius 2 is 2.18 bits per heavy atom. The first-order valence-corrected chi connectivity index (χ1v) is 5.29. The van der Waals surface area contributed by atoms with Crippen LogP contribution < -0.4 is 5.32 Å². The minimum absolute atomic E-state index is 0.350. The molecule has 5 heteroatoms. The molecule has 90 valence electrons. The molecule has 1 aromatic heterocycles. The number of benzene rings is 1. The predicted octanol–water partition coefficient (Wildman–Crippen LogP) is 1.93. The lowest BCUT2D eigenvalue weighted by atomic mass is 10.2. The van der Waals surface area contributed by atoms with E-state index in [4.69, 9.17) is 0 Å². The van der Waals surface area contributed by atoms with Crippen molar-refractivity contribution in [2.75, 3.05) is 7.05 Å². The van der Waals surface area contributed by atoms with Crippen molar-refractivity contribution in [3.05, 3.63) is 53.6 Å². The van der Waals surface area contributed by atoms with E-state index in [0.29, 0.717) is 18.7 Å². The minimum atomic E-state index is -0.563. The molecule has 0 unspecified atom stereocenters. The minimum Gasteiger partial charge on any atom is -0.329 e. The van der Waals surface area contributed by atoms with Gasteiger partial charge < -0.3 is 9.88 Å². The van der Waals surface area contributed by atoms with E-state index in [9.17, 15) is 8.78 Å². The molecular formula is C12H13F2N3. The molecule has 3 nitrogen and oxygen atoms in total. The molecule has 1 aromatic carbocycles. The maximum Gasteiger partial charge on any atom is 0.131 e. The number of rotatable bonds is 4. The van der Waals surface area contributed by atoms with Crippen LogP contribution in [0, 0.1) is 11.6 Å². The van der Waals surface area contributed by atoms with E-state index < -0.39 is 11.6 Å². The van der Waals surface area contributed by atoms with Crippen LogP contribution in [-0.2, 0) is 13.1 Å². The van der Waals surface area contributed by atoms with Crippen molar-refractivity contribution in [1.82, 2.24) is 14.9 Å². The summed E-state index contributed by atoms with van der Waals surface area (Å²) in [5, 5.41) is 2.98. The molecule has 0 aliphatic heterocycles. The van der Waals surface area contributed by atoms with Crippen LogP contribution in [0.5, 0.6) is 0 Å². The molecular weight excluding hydrogens is 224 g/mol. The lowest BCUT2D eigenvalue weighted by Gasteiger charge is -2.08. The predicted molar refractivity (Wildman–Crippen MR) is 60.5 cm³/mol. The van der Waals surface area contributed by atoms with Crippen LogP contribution in [-0.4, -0.2) is 16.6 Å². The third-order valence-electron chi connectivity index (χ3n) is 2.49. The Morgan fingerprint density at radius 3 is 2.88 bits per heavy atom. The molecule has 0 saturated heterocycles. The van der Waals surface area contributed by atoms with E-state index in [2.05, 4.69) is 10.3 Å². The van der Waals surface area contributed by atoms with Crippen LogP contribution in [0.1, 0.15) is 11.4 Å². The zero-order valence-electron chi connectivity index (χ0n) is 9.45. The van der Waals surface area contributed by atoms with Gasteiger partial charge in [0.2, 0.25) is 0 Å². The Balaban J connectivity index is 2.22. The van der Waals surface area contributed by atoms with Crippen LogP contribution in [0.25, 0.3) is 0 Å². The molecule has 0 aliphatic carbocycles. The lowest BCUT2D eigenvalue weighted by molar-refractivity contribution is 0.562. The number of nitrogens with zero attached hydrogens (tertiary/aromatic N) is 2. The number of halogens is 2. The van der Waals surface area contributed by atoms with Gasteiger partial charge in [0.05, 0.1) is 13.1 Å². The fourth-order valence-corrected chi connectivity index (χ4v) is 1.64. The lowest BCUT2D eigenvalue weighted by Crippen LogP contribution is -2.13. The van der Waals surface area contributed by atoms with Gasteiger partial charge in [-0.2, -0.15) is 0 Å². The molecule has 2 aromatic rings. The van der Waals surface area contributed by atoms with Crippen LogP contribution >= 0.6 is 0 Å². The summed E-state index contributed by atoms with van der Waals surface area (Å²) in [6.07, 6.45) is 3.43. The molecule has 17 heavy (non-hydrogen) atoms. The third kappa shape index (κ3) is 2.68. The summed E-state index contributed by atoms with van der Waals surface area (Å²) in [7, 11) is 1.82. The van der Waals surface area contributed by atoms with Crippen molar-refractivity contribution in [2.24, 2.45) is 0 Å². The second-order valence-electron chi connectivity index (χ2n) is 3.74. The van der Waals surface area contributed by atoms with Gasteiger partial charge in [0.25, 0.3) is 0 Å². The van der Waals surface area contributed by atoms with Crippen LogP contribution in [0.2, 0.25) is 0 Å². The van der Waals surface area contributed by atoms with Gasteiger partial charge in [-0.3, -0.25) is 0 Å². The molecule has 0 spiro atoms. The van der Waals surface area contributed by atoms with Crippen molar-refractivity contribution in [3.63, 3.8) is 0 Å². The summed E-state index contributed by atoms with van der Waals surface area (Å²) in [4.78, 5) is 4.15. The smallest absolute Gasteiger partial charge is 0.131 e. The van der Waals surface area contributed by atoms with Crippen LogP contribution in [0.4, 0.5) is 8.78 Å². The Hall–Kier alpha value is -1.75. The molecule has 0 atom stereocenters.